The van der Waals surface area contributed by atoms with Gasteiger partial charge in [-0.25, -0.2) is 4.79 Å². The quantitative estimate of drug-likeness (QED) is 0.332. The van der Waals surface area contributed by atoms with Crippen molar-refractivity contribution in [2.24, 2.45) is 5.11 Å². The van der Waals surface area contributed by atoms with E-state index in [9.17, 15) is 4.79 Å². The Bertz CT molecular complexity index is 266. The monoisotopic (exact) mass is 218 g/mol. The maximum Gasteiger partial charge on any atom is 0.407 e. The van der Waals surface area contributed by atoms with Gasteiger partial charge in [-0.2, -0.15) is 0 Å². The molecule has 1 heterocycles. The largest absolute Gasteiger partial charge is 0.449 e. The van der Waals surface area contributed by atoms with Crippen LogP contribution in [0.15, 0.2) is 5.11 Å². The normalized spacial score (nSPS) is 29.1. The summed E-state index contributed by atoms with van der Waals surface area (Å²) in [5, 5.41) is 5.78. The molecule has 1 aliphatic rings. The van der Waals surface area contributed by atoms with Gasteiger partial charge in [-0.1, -0.05) is 12.0 Å². The van der Waals surface area contributed by atoms with Crippen molar-refractivity contribution >= 4 is 17.7 Å². The maximum absolute atomic E-state index is 11.0. The lowest BCUT2D eigenvalue weighted by Crippen LogP contribution is -2.45. The summed E-state index contributed by atoms with van der Waals surface area (Å²) < 4.78 is 4.76. The molecule has 0 bridgehead atoms. The second-order valence-electron chi connectivity index (χ2n) is 3.06. The Balaban J connectivity index is 2.71. The van der Waals surface area contributed by atoms with E-state index < -0.39 is 6.09 Å². The SMILES string of the molecule is CC(N=[N+]=[N-])C1NC(=O)OCCC1Cl. The number of ether oxygens (including phenoxy) is 1. The number of rotatable bonds is 2. The molecular formula is C7H11ClN4O2. The fourth-order valence-electron chi connectivity index (χ4n) is 1.29. The molecule has 3 unspecified atom stereocenters. The number of azide groups is 1. The van der Waals surface area contributed by atoms with E-state index in [0.717, 1.165) is 0 Å². The summed E-state index contributed by atoms with van der Waals surface area (Å²) in [5.41, 5.74) is 8.26. The van der Waals surface area contributed by atoms with Gasteiger partial charge in [0, 0.05) is 4.91 Å². The first-order chi connectivity index (χ1) is 6.65. The predicted octanol–water partition coefficient (Wildman–Crippen LogP) is 1.79. The highest BCUT2D eigenvalue weighted by molar-refractivity contribution is 6.21. The Morgan fingerprint density at radius 3 is 3.21 bits per heavy atom. The molecule has 78 valence electrons. The number of alkyl halides is 1. The molecule has 1 amide bonds. The topological polar surface area (TPSA) is 87.1 Å². The lowest BCUT2D eigenvalue weighted by Gasteiger charge is -2.22. The van der Waals surface area contributed by atoms with Crippen molar-refractivity contribution < 1.29 is 9.53 Å². The Hall–Kier alpha value is -1.13. The van der Waals surface area contributed by atoms with Crippen LogP contribution in [0, 0.1) is 0 Å². The third-order valence-corrected chi connectivity index (χ3v) is 2.54. The van der Waals surface area contributed by atoms with Crippen molar-refractivity contribution in [2.45, 2.75) is 30.8 Å². The average molecular weight is 219 g/mol. The van der Waals surface area contributed by atoms with E-state index in [0.29, 0.717) is 13.0 Å². The van der Waals surface area contributed by atoms with Gasteiger partial charge in [0.05, 0.1) is 24.1 Å². The maximum atomic E-state index is 11.0. The number of halogens is 1. The standard InChI is InChI=1S/C7H11ClN4O2/c1-4(11-12-9)6-5(8)2-3-14-7(13)10-6/h4-6H,2-3H2,1H3,(H,10,13). The van der Waals surface area contributed by atoms with E-state index in [2.05, 4.69) is 15.3 Å². The van der Waals surface area contributed by atoms with Crippen LogP contribution in [0.1, 0.15) is 13.3 Å². The molecule has 0 aromatic rings. The Morgan fingerprint density at radius 1 is 1.86 bits per heavy atom. The molecule has 14 heavy (non-hydrogen) atoms. The van der Waals surface area contributed by atoms with Crippen LogP contribution in [-0.2, 0) is 4.74 Å². The first-order valence-corrected chi connectivity index (χ1v) is 4.70. The Morgan fingerprint density at radius 2 is 2.57 bits per heavy atom. The molecule has 0 spiro atoms. The number of nitrogens with one attached hydrogen (secondary N) is 1. The summed E-state index contributed by atoms with van der Waals surface area (Å²) in [7, 11) is 0. The fourth-order valence-corrected chi connectivity index (χ4v) is 1.65. The lowest BCUT2D eigenvalue weighted by atomic mass is 10.1. The van der Waals surface area contributed by atoms with Gasteiger partial charge in [0.15, 0.2) is 0 Å². The molecule has 0 saturated carbocycles. The highest BCUT2D eigenvalue weighted by Gasteiger charge is 2.29. The van der Waals surface area contributed by atoms with Gasteiger partial charge in [0.1, 0.15) is 0 Å². The van der Waals surface area contributed by atoms with Crippen LogP contribution in [0.2, 0.25) is 0 Å². The number of amides is 1. The predicted molar refractivity (Wildman–Crippen MR) is 51.1 cm³/mol. The smallest absolute Gasteiger partial charge is 0.407 e. The van der Waals surface area contributed by atoms with Crippen molar-refractivity contribution in [3.05, 3.63) is 10.4 Å². The van der Waals surface area contributed by atoms with Crippen molar-refractivity contribution in [3.8, 4) is 0 Å². The van der Waals surface area contributed by atoms with Crippen LogP contribution in [-0.4, -0.2) is 30.2 Å². The zero-order valence-corrected chi connectivity index (χ0v) is 8.44. The number of carbonyl (C=O) groups is 1. The molecule has 0 aromatic heterocycles. The van der Waals surface area contributed by atoms with Gasteiger partial charge >= 0.3 is 6.09 Å². The fraction of sp³-hybridized carbons (Fsp3) is 0.857. The van der Waals surface area contributed by atoms with E-state index in [1.165, 1.54) is 0 Å². The molecule has 6 nitrogen and oxygen atoms in total. The third kappa shape index (κ3) is 2.68. The van der Waals surface area contributed by atoms with Gasteiger partial charge in [-0.3, -0.25) is 0 Å². The number of cyclic esters (lactones) is 1. The Kier molecular flexibility index (Phi) is 3.85. The minimum absolute atomic E-state index is 0.276. The van der Waals surface area contributed by atoms with Gasteiger partial charge in [-0.05, 0) is 12.0 Å². The average Bonchev–Trinajstić information content (AvgIpc) is 2.29. The van der Waals surface area contributed by atoms with Crippen molar-refractivity contribution in [3.63, 3.8) is 0 Å². The van der Waals surface area contributed by atoms with Gasteiger partial charge in [-0.15, -0.1) is 11.6 Å². The van der Waals surface area contributed by atoms with Gasteiger partial charge in [0.2, 0.25) is 0 Å². The molecule has 1 aliphatic heterocycles. The van der Waals surface area contributed by atoms with E-state index >= 15 is 0 Å². The molecular weight excluding hydrogens is 208 g/mol. The second-order valence-corrected chi connectivity index (χ2v) is 3.62. The van der Waals surface area contributed by atoms with E-state index in [1.807, 2.05) is 0 Å². The minimum Gasteiger partial charge on any atom is -0.449 e. The van der Waals surface area contributed by atoms with Crippen molar-refractivity contribution in [2.75, 3.05) is 6.61 Å². The first-order valence-electron chi connectivity index (χ1n) is 4.26. The van der Waals surface area contributed by atoms with Crippen LogP contribution in [0.4, 0.5) is 4.79 Å². The molecule has 1 rings (SSSR count). The highest BCUT2D eigenvalue weighted by atomic mass is 35.5. The summed E-state index contributed by atoms with van der Waals surface area (Å²) >= 11 is 6.01. The van der Waals surface area contributed by atoms with Crippen LogP contribution in [0.25, 0.3) is 10.4 Å². The number of nitrogens with zero attached hydrogens (tertiary/aromatic N) is 3. The number of hydrogen-bond acceptors (Lipinski definition) is 3. The zero-order chi connectivity index (χ0) is 10.6. The van der Waals surface area contributed by atoms with E-state index in [1.54, 1.807) is 6.92 Å². The highest BCUT2D eigenvalue weighted by Crippen LogP contribution is 2.16. The molecule has 3 atom stereocenters. The van der Waals surface area contributed by atoms with E-state index in [4.69, 9.17) is 21.9 Å². The van der Waals surface area contributed by atoms with Crippen LogP contribution in [0.3, 0.4) is 0 Å². The van der Waals surface area contributed by atoms with Crippen LogP contribution in [0.5, 0.6) is 0 Å². The van der Waals surface area contributed by atoms with Crippen molar-refractivity contribution in [1.82, 2.24) is 5.32 Å². The number of alkyl carbamates (subject to hydrolysis) is 1. The second kappa shape index (κ2) is 4.93. The summed E-state index contributed by atoms with van der Waals surface area (Å²) in [5.74, 6) is 0. The summed E-state index contributed by atoms with van der Waals surface area (Å²) in [6.45, 7) is 1.99. The molecule has 0 aliphatic carbocycles. The summed E-state index contributed by atoms with van der Waals surface area (Å²) in [6, 6.07) is -0.754. The molecule has 1 fully saturated rings. The van der Waals surface area contributed by atoms with Gasteiger partial charge in [0.25, 0.3) is 0 Å². The minimum atomic E-state index is -0.516. The third-order valence-electron chi connectivity index (χ3n) is 2.05. The Labute approximate surface area is 86.2 Å². The van der Waals surface area contributed by atoms with Gasteiger partial charge < -0.3 is 10.1 Å². The first kappa shape index (κ1) is 10.9. The van der Waals surface area contributed by atoms with Crippen molar-refractivity contribution in [1.29, 1.82) is 0 Å². The number of hydrogen-bond donors (Lipinski definition) is 1. The molecule has 1 N–H and O–H groups in total. The molecule has 1 saturated heterocycles. The molecule has 7 heteroatoms. The zero-order valence-electron chi connectivity index (χ0n) is 7.68. The molecule has 0 radical (unpaired) electrons. The van der Waals surface area contributed by atoms with Crippen LogP contribution < -0.4 is 5.32 Å². The summed E-state index contributed by atoms with van der Waals surface area (Å²) in [6.07, 6.45) is 0.0362. The number of carbonyl (C=O) groups excluding carboxylic acids is 1. The lowest BCUT2D eigenvalue weighted by molar-refractivity contribution is 0.151. The van der Waals surface area contributed by atoms with E-state index in [-0.39, 0.29) is 17.5 Å². The summed E-state index contributed by atoms with van der Waals surface area (Å²) in [4.78, 5) is 13.7. The molecule has 0 aromatic carbocycles. The van der Waals surface area contributed by atoms with Crippen LogP contribution >= 0.6 is 11.6 Å².